The predicted octanol–water partition coefficient (Wildman–Crippen LogP) is 2.38. The lowest BCUT2D eigenvalue weighted by Crippen LogP contribution is -2.35. The molecule has 0 radical (unpaired) electrons. The van der Waals surface area contributed by atoms with Crippen molar-refractivity contribution < 1.29 is 4.74 Å². The van der Waals surface area contributed by atoms with Crippen LogP contribution in [0, 0.1) is 12.3 Å². The van der Waals surface area contributed by atoms with Gasteiger partial charge in [-0.3, -0.25) is 4.68 Å². The molecule has 1 fully saturated rings. The Bertz CT molecular complexity index is 318. The normalized spacial score (nSPS) is 20.4. The number of aryl methyl sites for hydroxylation is 1. The third-order valence-corrected chi connectivity index (χ3v) is 4.29. The number of rotatable bonds is 3. The second-order valence-electron chi connectivity index (χ2n) is 4.46. The topological polar surface area (TPSA) is 27.1 Å². The van der Waals surface area contributed by atoms with Crippen molar-refractivity contribution in [3.05, 3.63) is 18.0 Å². The average molecular weight is 273 g/mol. The van der Waals surface area contributed by atoms with E-state index in [2.05, 4.69) is 38.8 Å². The molecule has 1 aliphatic rings. The van der Waals surface area contributed by atoms with Crippen molar-refractivity contribution in [1.82, 2.24) is 9.78 Å². The Morgan fingerprint density at radius 1 is 1.53 bits per heavy atom. The number of hydrogen-bond acceptors (Lipinski definition) is 2. The first-order chi connectivity index (χ1) is 7.24. The lowest BCUT2D eigenvalue weighted by Gasteiger charge is -2.35. The molecule has 3 nitrogen and oxygen atoms in total. The van der Waals surface area contributed by atoms with Gasteiger partial charge < -0.3 is 4.74 Å². The first-order valence-electron chi connectivity index (χ1n) is 5.37. The van der Waals surface area contributed by atoms with Crippen LogP contribution < -0.4 is 0 Å². The summed E-state index contributed by atoms with van der Waals surface area (Å²) in [6.45, 7) is 4.83. The van der Waals surface area contributed by atoms with Crippen LogP contribution in [0.5, 0.6) is 0 Å². The second kappa shape index (κ2) is 4.66. The molecule has 1 aliphatic heterocycles. The predicted molar refractivity (Wildman–Crippen MR) is 63.2 cm³/mol. The van der Waals surface area contributed by atoms with E-state index >= 15 is 0 Å². The Morgan fingerprint density at radius 2 is 2.27 bits per heavy atom. The fraction of sp³-hybridized carbons (Fsp3) is 0.727. The molecule has 1 aromatic heterocycles. The van der Waals surface area contributed by atoms with Crippen LogP contribution in [0.3, 0.4) is 0 Å². The molecule has 0 N–H and O–H groups in total. The Balaban J connectivity index is 2.06. The van der Waals surface area contributed by atoms with E-state index in [0.717, 1.165) is 37.9 Å². The van der Waals surface area contributed by atoms with Crippen LogP contribution in [0.15, 0.2) is 12.4 Å². The minimum atomic E-state index is 0.330. The zero-order valence-electron chi connectivity index (χ0n) is 9.08. The summed E-state index contributed by atoms with van der Waals surface area (Å²) in [6, 6.07) is 0. The molecule has 0 amide bonds. The van der Waals surface area contributed by atoms with Crippen molar-refractivity contribution >= 4 is 15.9 Å². The van der Waals surface area contributed by atoms with E-state index in [-0.39, 0.29) is 0 Å². The van der Waals surface area contributed by atoms with Gasteiger partial charge in [-0.1, -0.05) is 15.9 Å². The Kier molecular flexibility index (Phi) is 3.46. The highest BCUT2D eigenvalue weighted by Gasteiger charge is 2.32. The SMILES string of the molecule is Cc1cnn(CC2(CBr)CCOCC2)c1. The molecule has 2 heterocycles. The van der Waals surface area contributed by atoms with Gasteiger partial charge >= 0.3 is 0 Å². The summed E-state index contributed by atoms with van der Waals surface area (Å²) in [6.07, 6.45) is 6.27. The molecule has 0 unspecified atom stereocenters. The van der Waals surface area contributed by atoms with Gasteiger partial charge in [-0.25, -0.2) is 0 Å². The van der Waals surface area contributed by atoms with Gasteiger partial charge in [0.15, 0.2) is 0 Å². The zero-order chi connectivity index (χ0) is 10.7. The van der Waals surface area contributed by atoms with Crippen LogP contribution in [0.2, 0.25) is 0 Å². The summed E-state index contributed by atoms with van der Waals surface area (Å²) in [7, 11) is 0. The van der Waals surface area contributed by atoms with Crippen LogP contribution >= 0.6 is 15.9 Å². The van der Waals surface area contributed by atoms with Crippen LogP contribution in [-0.4, -0.2) is 28.3 Å². The fourth-order valence-corrected chi connectivity index (χ4v) is 2.77. The summed E-state index contributed by atoms with van der Waals surface area (Å²) in [5, 5.41) is 5.39. The highest BCUT2D eigenvalue weighted by atomic mass is 79.9. The molecule has 2 rings (SSSR count). The van der Waals surface area contributed by atoms with Gasteiger partial charge in [0.1, 0.15) is 0 Å². The summed E-state index contributed by atoms with van der Waals surface area (Å²) in [4.78, 5) is 0. The molecule has 15 heavy (non-hydrogen) atoms. The monoisotopic (exact) mass is 272 g/mol. The first-order valence-corrected chi connectivity index (χ1v) is 6.49. The maximum Gasteiger partial charge on any atom is 0.0518 e. The van der Waals surface area contributed by atoms with Crippen molar-refractivity contribution in [2.45, 2.75) is 26.3 Å². The van der Waals surface area contributed by atoms with E-state index < -0.39 is 0 Å². The summed E-state index contributed by atoms with van der Waals surface area (Å²) in [5.74, 6) is 0. The van der Waals surface area contributed by atoms with Crippen molar-refractivity contribution in [3.8, 4) is 0 Å². The second-order valence-corrected chi connectivity index (χ2v) is 5.02. The Labute approximate surface area is 98.9 Å². The third-order valence-electron chi connectivity index (χ3n) is 3.10. The molecule has 0 saturated carbocycles. The minimum absolute atomic E-state index is 0.330. The van der Waals surface area contributed by atoms with Crippen molar-refractivity contribution in [1.29, 1.82) is 0 Å². The molecule has 0 aliphatic carbocycles. The van der Waals surface area contributed by atoms with E-state index in [4.69, 9.17) is 4.74 Å². The Morgan fingerprint density at radius 3 is 2.80 bits per heavy atom. The van der Waals surface area contributed by atoms with E-state index in [0.29, 0.717) is 5.41 Å². The lowest BCUT2D eigenvalue weighted by atomic mass is 9.82. The van der Waals surface area contributed by atoms with Crippen LogP contribution in [0.25, 0.3) is 0 Å². The smallest absolute Gasteiger partial charge is 0.0518 e. The van der Waals surface area contributed by atoms with Crippen LogP contribution in [0.1, 0.15) is 18.4 Å². The molecule has 1 aromatic rings. The number of ether oxygens (including phenoxy) is 1. The maximum atomic E-state index is 5.42. The number of hydrogen-bond donors (Lipinski definition) is 0. The Hall–Kier alpha value is -0.350. The quantitative estimate of drug-likeness (QED) is 0.791. The first kappa shape index (κ1) is 11.1. The van der Waals surface area contributed by atoms with Crippen molar-refractivity contribution in [3.63, 3.8) is 0 Å². The van der Waals surface area contributed by atoms with Gasteiger partial charge in [0, 0.05) is 36.7 Å². The van der Waals surface area contributed by atoms with E-state index in [1.54, 1.807) is 0 Å². The van der Waals surface area contributed by atoms with Gasteiger partial charge in [0.2, 0.25) is 0 Å². The molecule has 1 saturated heterocycles. The van der Waals surface area contributed by atoms with Crippen molar-refractivity contribution in [2.75, 3.05) is 18.5 Å². The molecular formula is C11H17BrN2O. The molecule has 0 atom stereocenters. The summed E-state index contributed by atoms with van der Waals surface area (Å²) in [5.41, 5.74) is 1.56. The number of alkyl halides is 1. The van der Waals surface area contributed by atoms with Gasteiger partial charge in [-0.05, 0) is 25.3 Å². The largest absolute Gasteiger partial charge is 0.381 e. The highest BCUT2D eigenvalue weighted by molar-refractivity contribution is 9.09. The number of nitrogens with zero attached hydrogens (tertiary/aromatic N) is 2. The van der Waals surface area contributed by atoms with E-state index in [1.165, 1.54) is 5.56 Å². The number of halogens is 1. The molecule has 0 spiro atoms. The summed E-state index contributed by atoms with van der Waals surface area (Å²) < 4.78 is 7.48. The average Bonchev–Trinajstić information content (AvgIpc) is 2.65. The maximum absolute atomic E-state index is 5.42. The minimum Gasteiger partial charge on any atom is -0.381 e. The molecule has 0 bridgehead atoms. The molecular weight excluding hydrogens is 256 g/mol. The molecule has 0 aromatic carbocycles. The third kappa shape index (κ3) is 2.61. The fourth-order valence-electron chi connectivity index (χ4n) is 2.04. The summed E-state index contributed by atoms with van der Waals surface area (Å²) >= 11 is 3.64. The zero-order valence-corrected chi connectivity index (χ0v) is 10.7. The molecule has 4 heteroatoms. The van der Waals surface area contributed by atoms with E-state index in [9.17, 15) is 0 Å². The number of aromatic nitrogens is 2. The van der Waals surface area contributed by atoms with E-state index in [1.807, 2.05) is 6.20 Å². The highest BCUT2D eigenvalue weighted by Crippen LogP contribution is 2.34. The lowest BCUT2D eigenvalue weighted by molar-refractivity contribution is 0.0170. The van der Waals surface area contributed by atoms with Gasteiger partial charge in [-0.2, -0.15) is 5.10 Å². The molecule has 84 valence electrons. The van der Waals surface area contributed by atoms with Crippen LogP contribution in [0.4, 0.5) is 0 Å². The van der Waals surface area contributed by atoms with Gasteiger partial charge in [0.25, 0.3) is 0 Å². The van der Waals surface area contributed by atoms with Gasteiger partial charge in [-0.15, -0.1) is 0 Å². The van der Waals surface area contributed by atoms with Crippen LogP contribution in [-0.2, 0) is 11.3 Å². The van der Waals surface area contributed by atoms with Gasteiger partial charge in [0.05, 0.1) is 6.20 Å². The standard InChI is InChI=1S/C11H17BrN2O/c1-10-6-13-14(7-10)9-11(8-12)2-4-15-5-3-11/h6-7H,2-5,8-9H2,1H3. The van der Waals surface area contributed by atoms with Crippen molar-refractivity contribution in [2.24, 2.45) is 5.41 Å².